The molecule has 0 saturated carbocycles. The average molecular weight is 630 g/mol. The van der Waals surface area contributed by atoms with E-state index in [1.165, 1.54) is 81.1 Å². The van der Waals surface area contributed by atoms with Crippen molar-refractivity contribution in [2.75, 3.05) is 4.90 Å². The van der Waals surface area contributed by atoms with Gasteiger partial charge in [0, 0.05) is 53.9 Å². The van der Waals surface area contributed by atoms with Crippen LogP contribution in [0.3, 0.4) is 0 Å². The summed E-state index contributed by atoms with van der Waals surface area (Å²) in [6.45, 7) is 0. The Balaban J connectivity index is 1.19. The number of aromatic nitrogens is 2. The minimum atomic E-state index is 1.15. The number of nitrogens with zero attached hydrogens (tertiary/aromatic N) is 3. The molecule has 10 aromatic rings. The predicted molar refractivity (Wildman–Crippen MR) is 204 cm³/mol. The first-order valence-electron chi connectivity index (χ1n) is 16.4. The van der Waals surface area contributed by atoms with Crippen LogP contribution in [0.15, 0.2) is 164 Å². The van der Waals surface area contributed by atoms with E-state index in [-0.39, 0.29) is 0 Å². The third kappa shape index (κ3) is 3.52. The van der Waals surface area contributed by atoms with Crippen LogP contribution >= 0.6 is 11.3 Å². The van der Waals surface area contributed by atoms with E-state index in [0.717, 1.165) is 11.4 Å². The molecular formula is C44H27N3S. The Hall–Kier alpha value is -6.10. The highest BCUT2D eigenvalue weighted by Gasteiger charge is 2.28. The quantitative estimate of drug-likeness (QED) is 0.189. The van der Waals surface area contributed by atoms with E-state index in [4.69, 9.17) is 0 Å². The van der Waals surface area contributed by atoms with Crippen molar-refractivity contribution in [2.45, 2.75) is 0 Å². The molecule has 48 heavy (non-hydrogen) atoms. The molecule has 224 valence electrons. The molecular weight excluding hydrogens is 603 g/mol. The van der Waals surface area contributed by atoms with Gasteiger partial charge in [-0.25, -0.2) is 0 Å². The standard InChI is InChI=1S/C44H27N3S/c1-2-13-30(14-3-1)46-38-21-9-11-28-23-24-45(43(28)38)40-26-36-33-16-4-6-20-37(33)47(39(36)27-41(40)46)31-15-8-12-29(25-31)32-18-10-19-35-34-17-5-7-22-42(34)48-44(32)35/h1-27H. The number of para-hydroxylation sites is 3. The summed E-state index contributed by atoms with van der Waals surface area (Å²) in [5.74, 6) is 0. The zero-order chi connectivity index (χ0) is 31.3. The second-order valence-corrected chi connectivity index (χ2v) is 13.7. The summed E-state index contributed by atoms with van der Waals surface area (Å²) >= 11 is 1.88. The Bertz CT molecular complexity index is 2910. The summed E-state index contributed by atoms with van der Waals surface area (Å²) in [6.07, 6.45) is 2.22. The van der Waals surface area contributed by atoms with Gasteiger partial charge in [-0.1, -0.05) is 97.1 Å². The monoisotopic (exact) mass is 629 g/mol. The number of hydrogen-bond acceptors (Lipinski definition) is 2. The molecule has 0 bridgehead atoms. The zero-order valence-electron chi connectivity index (χ0n) is 25.8. The van der Waals surface area contributed by atoms with Crippen LogP contribution in [0.4, 0.5) is 17.1 Å². The molecule has 0 fully saturated rings. The van der Waals surface area contributed by atoms with E-state index in [1.54, 1.807) is 0 Å². The molecule has 11 rings (SSSR count). The predicted octanol–water partition coefficient (Wildman–Crippen LogP) is 12.5. The molecule has 0 aliphatic carbocycles. The fraction of sp³-hybridized carbons (Fsp3) is 0. The third-order valence-electron chi connectivity index (χ3n) is 10.0. The summed E-state index contributed by atoms with van der Waals surface area (Å²) < 4.78 is 7.49. The van der Waals surface area contributed by atoms with Crippen LogP contribution in [-0.2, 0) is 0 Å². The minimum absolute atomic E-state index is 1.15. The molecule has 0 atom stereocenters. The lowest BCUT2D eigenvalue weighted by Crippen LogP contribution is -2.18. The fourth-order valence-electron chi connectivity index (χ4n) is 7.97. The van der Waals surface area contributed by atoms with Crippen LogP contribution in [0.2, 0.25) is 0 Å². The highest BCUT2D eigenvalue weighted by Crippen LogP contribution is 2.49. The van der Waals surface area contributed by atoms with Crippen molar-refractivity contribution in [3.05, 3.63) is 164 Å². The number of fused-ring (bicyclic) bond motifs is 8. The smallest absolute Gasteiger partial charge is 0.0771 e. The molecule has 7 aromatic carbocycles. The van der Waals surface area contributed by atoms with Crippen LogP contribution in [0.25, 0.3) is 75.4 Å². The van der Waals surface area contributed by atoms with Gasteiger partial charge in [-0.2, -0.15) is 0 Å². The Kier molecular flexibility index (Phi) is 5.26. The van der Waals surface area contributed by atoms with E-state index < -0.39 is 0 Å². The summed E-state index contributed by atoms with van der Waals surface area (Å²) in [5.41, 5.74) is 12.0. The summed E-state index contributed by atoms with van der Waals surface area (Å²) in [6, 6.07) is 57.8. The topological polar surface area (TPSA) is 13.1 Å². The van der Waals surface area contributed by atoms with Gasteiger partial charge >= 0.3 is 0 Å². The Morgan fingerprint density at radius 3 is 2.17 bits per heavy atom. The molecule has 0 N–H and O–H groups in total. The van der Waals surface area contributed by atoms with Crippen molar-refractivity contribution in [1.82, 2.24) is 9.13 Å². The van der Waals surface area contributed by atoms with Gasteiger partial charge in [-0.15, -0.1) is 11.3 Å². The molecule has 4 heterocycles. The van der Waals surface area contributed by atoms with E-state index in [2.05, 4.69) is 178 Å². The van der Waals surface area contributed by atoms with Gasteiger partial charge < -0.3 is 14.0 Å². The van der Waals surface area contributed by atoms with E-state index >= 15 is 0 Å². The number of anilines is 3. The van der Waals surface area contributed by atoms with Crippen molar-refractivity contribution in [2.24, 2.45) is 0 Å². The van der Waals surface area contributed by atoms with Crippen molar-refractivity contribution < 1.29 is 0 Å². The van der Waals surface area contributed by atoms with Gasteiger partial charge in [0.25, 0.3) is 0 Å². The highest BCUT2D eigenvalue weighted by atomic mass is 32.1. The van der Waals surface area contributed by atoms with Crippen molar-refractivity contribution in [1.29, 1.82) is 0 Å². The maximum atomic E-state index is 2.45. The van der Waals surface area contributed by atoms with Crippen molar-refractivity contribution >= 4 is 81.3 Å². The molecule has 0 radical (unpaired) electrons. The normalized spacial score (nSPS) is 12.5. The number of hydrogen-bond donors (Lipinski definition) is 0. The molecule has 0 amide bonds. The first-order chi connectivity index (χ1) is 23.8. The molecule has 3 nitrogen and oxygen atoms in total. The lowest BCUT2D eigenvalue weighted by Gasteiger charge is -2.33. The summed E-state index contributed by atoms with van der Waals surface area (Å²) in [4.78, 5) is 2.43. The lowest BCUT2D eigenvalue weighted by atomic mass is 10.0. The number of rotatable bonds is 3. The molecule has 1 aliphatic heterocycles. The Morgan fingerprint density at radius 2 is 1.23 bits per heavy atom. The van der Waals surface area contributed by atoms with Crippen LogP contribution in [0.1, 0.15) is 0 Å². The average Bonchev–Trinajstić information content (AvgIpc) is 3.84. The lowest BCUT2D eigenvalue weighted by molar-refractivity contribution is 1.08. The second kappa shape index (κ2) is 9.71. The first kappa shape index (κ1) is 26.0. The zero-order valence-corrected chi connectivity index (χ0v) is 26.7. The maximum absolute atomic E-state index is 2.45. The fourth-order valence-corrected chi connectivity index (χ4v) is 9.21. The van der Waals surface area contributed by atoms with Crippen molar-refractivity contribution in [3.63, 3.8) is 0 Å². The van der Waals surface area contributed by atoms with Gasteiger partial charge in [-0.05, 0) is 71.8 Å². The van der Waals surface area contributed by atoms with E-state index in [9.17, 15) is 0 Å². The van der Waals surface area contributed by atoms with Crippen LogP contribution in [0, 0.1) is 0 Å². The first-order valence-corrected chi connectivity index (χ1v) is 17.2. The van der Waals surface area contributed by atoms with Gasteiger partial charge in [0.05, 0.1) is 33.6 Å². The summed E-state index contributed by atoms with van der Waals surface area (Å²) in [7, 11) is 0. The third-order valence-corrected chi connectivity index (χ3v) is 11.3. The molecule has 4 heteroatoms. The van der Waals surface area contributed by atoms with E-state index in [1.807, 2.05) is 11.3 Å². The second-order valence-electron chi connectivity index (χ2n) is 12.6. The number of benzene rings is 7. The van der Waals surface area contributed by atoms with Crippen LogP contribution < -0.4 is 4.90 Å². The molecule has 1 aliphatic rings. The van der Waals surface area contributed by atoms with Gasteiger partial charge in [0.1, 0.15) is 0 Å². The summed E-state index contributed by atoms with van der Waals surface area (Å²) in [5, 5.41) is 6.39. The largest absolute Gasteiger partial charge is 0.313 e. The molecule has 3 aromatic heterocycles. The SMILES string of the molecule is c1ccc(N2c3cc4c(cc3-n3ccc5cccc2c53)c2ccccc2n4-c2cccc(-c3cccc4c3sc3ccccc34)c2)cc1. The molecule has 0 saturated heterocycles. The Labute approximate surface area is 280 Å². The molecule has 0 spiro atoms. The minimum Gasteiger partial charge on any atom is -0.313 e. The van der Waals surface area contributed by atoms with Gasteiger partial charge in [0.2, 0.25) is 0 Å². The Morgan fingerprint density at radius 1 is 0.458 bits per heavy atom. The van der Waals surface area contributed by atoms with Crippen LogP contribution in [0.5, 0.6) is 0 Å². The molecule has 0 unspecified atom stereocenters. The van der Waals surface area contributed by atoms with Gasteiger partial charge in [0.15, 0.2) is 0 Å². The van der Waals surface area contributed by atoms with Crippen LogP contribution in [-0.4, -0.2) is 9.13 Å². The number of thiophene rings is 1. The highest BCUT2D eigenvalue weighted by molar-refractivity contribution is 7.26. The van der Waals surface area contributed by atoms with Gasteiger partial charge in [-0.3, -0.25) is 0 Å². The maximum Gasteiger partial charge on any atom is 0.0771 e. The van der Waals surface area contributed by atoms with Crippen molar-refractivity contribution in [3.8, 4) is 22.5 Å². The van der Waals surface area contributed by atoms with E-state index in [0.29, 0.717) is 0 Å².